The number of rotatable bonds is 8. The number of aromatic nitrogens is 1. The number of nitrogens with one attached hydrogen (secondary N) is 1. The summed E-state index contributed by atoms with van der Waals surface area (Å²) in [5.74, 6) is 0.176. The first kappa shape index (κ1) is 15.4. The van der Waals surface area contributed by atoms with E-state index in [9.17, 15) is 4.79 Å². The maximum Gasteiger partial charge on any atom is 0.220 e. The van der Waals surface area contributed by atoms with E-state index in [-0.39, 0.29) is 11.4 Å². The van der Waals surface area contributed by atoms with Gasteiger partial charge in [-0.15, -0.1) is 11.3 Å². The zero-order valence-corrected chi connectivity index (χ0v) is 12.9. The molecule has 1 aromatic heterocycles. The molecule has 1 amide bonds. The summed E-state index contributed by atoms with van der Waals surface area (Å²) in [6.07, 6.45) is 11.1. The molecule has 0 aromatic carbocycles. The van der Waals surface area contributed by atoms with Gasteiger partial charge in [-0.1, -0.05) is 25.7 Å². The van der Waals surface area contributed by atoms with Crippen LogP contribution in [0, 0.1) is 0 Å². The number of hydrogen-bond donors (Lipinski definition) is 2. The Bertz CT molecular complexity index is 399. The van der Waals surface area contributed by atoms with Gasteiger partial charge in [0.05, 0.1) is 5.54 Å². The lowest BCUT2D eigenvalue weighted by molar-refractivity contribution is -0.123. The van der Waals surface area contributed by atoms with Gasteiger partial charge in [0.25, 0.3) is 0 Å². The fraction of sp³-hybridized carbons (Fsp3) is 0.733. The molecule has 0 radical (unpaired) electrons. The molecule has 0 bridgehead atoms. The summed E-state index contributed by atoms with van der Waals surface area (Å²) in [5.41, 5.74) is 5.29. The highest BCUT2D eigenvalue weighted by atomic mass is 32.1. The number of amides is 1. The largest absolute Gasteiger partial charge is 0.344 e. The molecule has 0 aliphatic heterocycles. The van der Waals surface area contributed by atoms with Crippen molar-refractivity contribution < 1.29 is 4.79 Å². The van der Waals surface area contributed by atoms with Crippen LogP contribution in [0.5, 0.6) is 0 Å². The van der Waals surface area contributed by atoms with Gasteiger partial charge in [0.2, 0.25) is 5.91 Å². The minimum absolute atomic E-state index is 0.176. The number of nitrogens with zero attached hydrogens (tertiary/aromatic N) is 1. The van der Waals surface area contributed by atoms with Crippen molar-refractivity contribution in [3.8, 4) is 0 Å². The first-order valence-corrected chi connectivity index (χ1v) is 8.56. The molecule has 0 saturated heterocycles. The summed E-state index contributed by atoms with van der Waals surface area (Å²) >= 11 is 1.66. The number of thiazole rings is 1. The Morgan fingerprint density at radius 3 is 2.70 bits per heavy atom. The highest BCUT2D eigenvalue weighted by molar-refractivity contribution is 7.09. The smallest absolute Gasteiger partial charge is 0.220 e. The Morgan fingerprint density at radius 2 is 2.05 bits per heavy atom. The highest BCUT2D eigenvalue weighted by Gasteiger charge is 2.38. The molecule has 1 fully saturated rings. The first-order chi connectivity index (χ1) is 9.77. The van der Waals surface area contributed by atoms with Crippen LogP contribution in [-0.4, -0.2) is 17.4 Å². The average molecular weight is 295 g/mol. The molecular weight excluding hydrogens is 270 g/mol. The van der Waals surface area contributed by atoms with Crippen molar-refractivity contribution in [3.05, 3.63) is 16.6 Å². The molecule has 0 atom stereocenters. The monoisotopic (exact) mass is 295 g/mol. The lowest BCUT2D eigenvalue weighted by atomic mass is 9.98. The molecular formula is C15H25N3OS. The van der Waals surface area contributed by atoms with E-state index in [4.69, 9.17) is 5.73 Å². The molecule has 20 heavy (non-hydrogen) atoms. The first-order valence-electron chi connectivity index (χ1n) is 7.68. The second-order valence-corrected chi connectivity index (χ2v) is 6.52. The maximum absolute atomic E-state index is 12.2. The highest BCUT2D eigenvalue weighted by Crippen LogP contribution is 2.39. The van der Waals surface area contributed by atoms with Crippen molar-refractivity contribution in [1.29, 1.82) is 0 Å². The molecule has 5 heteroatoms. The van der Waals surface area contributed by atoms with Crippen LogP contribution in [0.2, 0.25) is 0 Å². The van der Waals surface area contributed by atoms with Crippen LogP contribution in [0.3, 0.4) is 0 Å². The second-order valence-electron chi connectivity index (χ2n) is 5.63. The summed E-state index contributed by atoms with van der Waals surface area (Å²) in [5, 5.41) is 6.34. The quantitative estimate of drug-likeness (QED) is 0.725. The van der Waals surface area contributed by atoms with E-state index in [1.54, 1.807) is 11.3 Å². The Hall–Kier alpha value is -0.940. The fourth-order valence-corrected chi connectivity index (χ4v) is 3.80. The van der Waals surface area contributed by atoms with Gasteiger partial charge in [-0.25, -0.2) is 4.98 Å². The molecule has 2 rings (SSSR count). The molecule has 1 aliphatic carbocycles. The van der Waals surface area contributed by atoms with Crippen molar-refractivity contribution in [2.75, 3.05) is 6.54 Å². The number of unbranched alkanes of at least 4 members (excludes halogenated alkanes) is 3. The van der Waals surface area contributed by atoms with E-state index < -0.39 is 0 Å². The second kappa shape index (κ2) is 7.74. The van der Waals surface area contributed by atoms with E-state index in [0.29, 0.717) is 6.42 Å². The Balaban J connectivity index is 1.82. The topological polar surface area (TPSA) is 68.0 Å². The predicted octanol–water partition coefficient (Wildman–Crippen LogP) is 2.94. The number of carbonyl (C=O) groups excluding carboxylic acids is 1. The summed E-state index contributed by atoms with van der Waals surface area (Å²) in [7, 11) is 0. The van der Waals surface area contributed by atoms with Gasteiger partial charge < -0.3 is 11.1 Å². The molecule has 3 N–H and O–H groups in total. The molecule has 112 valence electrons. The lowest BCUT2D eigenvalue weighted by Crippen LogP contribution is -2.43. The van der Waals surface area contributed by atoms with Crippen molar-refractivity contribution in [2.45, 2.75) is 63.3 Å². The Morgan fingerprint density at radius 1 is 1.30 bits per heavy atom. The summed E-state index contributed by atoms with van der Waals surface area (Å²) in [6.45, 7) is 0.749. The summed E-state index contributed by atoms with van der Waals surface area (Å²) < 4.78 is 0. The normalized spacial score (nSPS) is 17.2. The van der Waals surface area contributed by atoms with Crippen molar-refractivity contribution in [1.82, 2.24) is 10.3 Å². The molecule has 0 spiro atoms. The zero-order valence-electron chi connectivity index (χ0n) is 12.1. The Kier molecular flexibility index (Phi) is 5.98. The van der Waals surface area contributed by atoms with Crippen LogP contribution < -0.4 is 11.1 Å². The van der Waals surface area contributed by atoms with E-state index in [1.165, 1.54) is 12.8 Å². The molecule has 1 saturated carbocycles. The van der Waals surface area contributed by atoms with Gasteiger partial charge in [0, 0.05) is 18.0 Å². The molecule has 4 nitrogen and oxygen atoms in total. The summed E-state index contributed by atoms with van der Waals surface area (Å²) in [4.78, 5) is 16.6. The van der Waals surface area contributed by atoms with Gasteiger partial charge >= 0.3 is 0 Å². The molecule has 0 unspecified atom stereocenters. The Labute approximate surface area is 125 Å². The van der Waals surface area contributed by atoms with Gasteiger partial charge in [0.1, 0.15) is 5.01 Å². The van der Waals surface area contributed by atoms with E-state index >= 15 is 0 Å². The standard InChI is InChI=1S/C15H25N3OS/c16-10-6-2-1-3-7-13(19)18-15(8-4-5-9-15)14-17-11-12-20-14/h11-12H,1-10,16H2,(H,18,19). The van der Waals surface area contributed by atoms with Gasteiger partial charge in [-0.3, -0.25) is 4.79 Å². The molecule has 1 aliphatic rings. The molecule has 1 aromatic rings. The number of nitrogens with two attached hydrogens (primary N) is 1. The SMILES string of the molecule is NCCCCCCC(=O)NC1(c2nccs2)CCCC1. The van der Waals surface area contributed by atoms with E-state index in [2.05, 4.69) is 10.3 Å². The molecule has 1 heterocycles. The van der Waals surface area contributed by atoms with Crippen LogP contribution >= 0.6 is 11.3 Å². The summed E-state index contributed by atoms with van der Waals surface area (Å²) in [6, 6.07) is 0. The third kappa shape index (κ3) is 4.03. The third-order valence-electron chi connectivity index (χ3n) is 4.04. The fourth-order valence-electron chi connectivity index (χ4n) is 2.94. The van der Waals surface area contributed by atoms with Crippen molar-refractivity contribution in [3.63, 3.8) is 0 Å². The van der Waals surface area contributed by atoms with Crippen LogP contribution in [0.4, 0.5) is 0 Å². The van der Waals surface area contributed by atoms with Gasteiger partial charge in [0.15, 0.2) is 0 Å². The number of hydrogen-bond acceptors (Lipinski definition) is 4. The van der Waals surface area contributed by atoms with Crippen LogP contribution in [0.1, 0.15) is 62.8 Å². The van der Waals surface area contributed by atoms with E-state index in [1.807, 2.05) is 11.6 Å². The van der Waals surface area contributed by atoms with E-state index in [0.717, 1.165) is 50.1 Å². The number of carbonyl (C=O) groups is 1. The minimum Gasteiger partial charge on any atom is -0.344 e. The third-order valence-corrected chi connectivity index (χ3v) is 5.01. The zero-order chi connectivity index (χ0) is 14.3. The minimum atomic E-state index is -0.178. The van der Waals surface area contributed by atoms with Crippen molar-refractivity contribution in [2.24, 2.45) is 5.73 Å². The van der Waals surface area contributed by atoms with Crippen LogP contribution in [0.15, 0.2) is 11.6 Å². The van der Waals surface area contributed by atoms with Crippen LogP contribution in [0.25, 0.3) is 0 Å². The van der Waals surface area contributed by atoms with Gasteiger partial charge in [-0.2, -0.15) is 0 Å². The maximum atomic E-state index is 12.2. The average Bonchev–Trinajstić information content (AvgIpc) is 3.09. The predicted molar refractivity (Wildman–Crippen MR) is 82.5 cm³/mol. The lowest BCUT2D eigenvalue weighted by Gasteiger charge is -2.28. The van der Waals surface area contributed by atoms with Crippen LogP contribution in [-0.2, 0) is 10.3 Å². The van der Waals surface area contributed by atoms with Crippen molar-refractivity contribution >= 4 is 17.2 Å². The van der Waals surface area contributed by atoms with Gasteiger partial charge in [-0.05, 0) is 32.2 Å².